The first-order valence-corrected chi connectivity index (χ1v) is 5.78. The van der Waals surface area contributed by atoms with Crippen LogP contribution >= 0.6 is 12.2 Å². The van der Waals surface area contributed by atoms with E-state index in [9.17, 15) is 0 Å². The van der Waals surface area contributed by atoms with Crippen molar-refractivity contribution in [2.24, 2.45) is 16.6 Å². The second-order valence-electron chi connectivity index (χ2n) is 6.18. The van der Waals surface area contributed by atoms with E-state index in [2.05, 4.69) is 25.7 Å². The molecule has 1 aliphatic heterocycles. The summed E-state index contributed by atoms with van der Waals surface area (Å²) < 4.78 is 0. The summed E-state index contributed by atoms with van der Waals surface area (Å²) in [6.45, 7) is 8.16. The van der Waals surface area contributed by atoms with Gasteiger partial charge >= 0.3 is 0 Å². The highest BCUT2D eigenvalue weighted by atomic mass is 32.1. The van der Waals surface area contributed by atoms with Crippen molar-refractivity contribution in [2.45, 2.75) is 46.1 Å². The topological polar surface area (TPSA) is 29.3 Å². The van der Waals surface area contributed by atoms with Crippen molar-refractivity contribution in [3.8, 4) is 0 Å². The Morgan fingerprint density at radius 2 is 2.00 bits per heavy atom. The van der Waals surface area contributed by atoms with Crippen molar-refractivity contribution in [1.82, 2.24) is 4.90 Å². The minimum Gasteiger partial charge on any atom is -0.376 e. The molecule has 2 rings (SSSR count). The fraction of sp³-hybridized carbons (Fsp3) is 0.909. The minimum absolute atomic E-state index is 0.440. The van der Waals surface area contributed by atoms with Gasteiger partial charge in [-0.25, -0.2) is 0 Å². The molecule has 0 aromatic heterocycles. The molecule has 2 aliphatic rings. The van der Waals surface area contributed by atoms with Gasteiger partial charge in [-0.15, -0.1) is 0 Å². The third kappa shape index (κ3) is 1.62. The van der Waals surface area contributed by atoms with Crippen LogP contribution in [0.15, 0.2) is 0 Å². The highest BCUT2D eigenvalue weighted by Crippen LogP contribution is 2.52. The lowest BCUT2D eigenvalue weighted by Gasteiger charge is -2.39. The van der Waals surface area contributed by atoms with Gasteiger partial charge in [0.1, 0.15) is 0 Å². The summed E-state index contributed by atoms with van der Waals surface area (Å²) >= 11 is 5.11. The number of hydrogen-bond donors (Lipinski definition) is 1. The van der Waals surface area contributed by atoms with Gasteiger partial charge in [0.15, 0.2) is 5.11 Å². The molecule has 1 aliphatic carbocycles. The quantitative estimate of drug-likeness (QED) is 0.624. The summed E-state index contributed by atoms with van der Waals surface area (Å²) in [4.78, 5) is 2.24. The van der Waals surface area contributed by atoms with Crippen molar-refractivity contribution in [3.63, 3.8) is 0 Å². The molecular weight excluding hydrogens is 192 g/mol. The zero-order chi connectivity index (χ0) is 10.6. The lowest BCUT2D eigenvalue weighted by Crippen LogP contribution is -2.40. The first kappa shape index (κ1) is 10.2. The average molecular weight is 212 g/mol. The number of nitrogens with two attached hydrogens (primary N) is 1. The molecule has 14 heavy (non-hydrogen) atoms. The van der Waals surface area contributed by atoms with E-state index >= 15 is 0 Å². The fourth-order valence-corrected chi connectivity index (χ4v) is 3.93. The first-order valence-electron chi connectivity index (χ1n) is 5.38. The van der Waals surface area contributed by atoms with E-state index in [0.29, 0.717) is 22.0 Å². The molecular formula is C11H20N2S. The van der Waals surface area contributed by atoms with Gasteiger partial charge in [0, 0.05) is 12.6 Å². The molecule has 1 saturated carbocycles. The van der Waals surface area contributed by atoms with Crippen LogP contribution in [0.5, 0.6) is 0 Å². The molecule has 0 radical (unpaired) electrons. The number of likely N-dealkylation sites (tertiary alicyclic amines) is 1. The summed E-state index contributed by atoms with van der Waals surface area (Å²) in [5.74, 6) is 0. The van der Waals surface area contributed by atoms with Crippen LogP contribution < -0.4 is 5.73 Å². The summed E-state index contributed by atoms with van der Waals surface area (Å²) in [7, 11) is 0. The second kappa shape index (κ2) is 2.84. The summed E-state index contributed by atoms with van der Waals surface area (Å²) in [5, 5.41) is 0.594. The monoisotopic (exact) mass is 212 g/mol. The van der Waals surface area contributed by atoms with E-state index < -0.39 is 0 Å². The van der Waals surface area contributed by atoms with Gasteiger partial charge in [-0.1, -0.05) is 20.8 Å². The van der Waals surface area contributed by atoms with E-state index in [1.54, 1.807) is 0 Å². The van der Waals surface area contributed by atoms with E-state index in [1.807, 2.05) is 0 Å². The highest BCUT2D eigenvalue weighted by Gasteiger charge is 2.49. The number of hydrogen-bond acceptors (Lipinski definition) is 1. The third-order valence-electron chi connectivity index (χ3n) is 3.70. The maximum atomic E-state index is 5.76. The predicted molar refractivity (Wildman–Crippen MR) is 63.0 cm³/mol. The van der Waals surface area contributed by atoms with Gasteiger partial charge in [-0.05, 0) is 42.3 Å². The van der Waals surface area contributed by atoms with Crippen LogP contribution in [0, 0.1) is 10.8 Å². The first-order chi connectivity index (χ1) is 6.31. The number of rotatable bonds is 0. The van der Waals surface area contributed by atoms with Crippen molar-refractivity contribution in [2.75, 3.05) is 6.54 Å². The van der Waals surface area contributed by atoms with Gasteiger partial charge in [-0.3, -0.25) is 0 Å². The predicted octanol–water partition coefficient (Wildman–Crippen LogP) is 2.13. The van der Waals surface area contributed by atoms with E-state index in [4.69, 9.17) is 18.0 Å². The van der Waals surface area contributed by atoms with Gasteiger partial charge in [0.25, 0.3) is 0 Å². The molecule has 2 nitrogen and oxygen atoms in total. The van der Waals surface area contributed by atoms with Crippen molar-refractivity contribution >= 4 is 17.3 Å². The molecule has 2 atom stereocenters. The SMILES string of the molecule is CC1(C)CC2CC(C)(CN2C(N)=S)C1. The Labute approximate surface area is 91.8 Å². The van der Waals surface area contributed by atoms with Crippen LogP contribution in [0.4, 0.5) is 0 Å². The molecule has 0 aromatic rings. The number of nitrogens with zero attached hydrogens (tertiary/aromatic N) is 1. The Balaban J connectivity index is 2.23. The molecule has 0 aromatic carbocycles. The van der Waals surface area contributed by atoms with Crippen LogP contribution in [0.25, 0.3) is 0 Å². The van der Waals surface area contributed by atoms with E-state index in [1.165, 1.54) is 19.3 Å². The van der Waals surface area contributed by atoms with Crippen molar-refractivity contribution in [3.05, 3.63) is 0 Å². The summed E-state index contributed by atoms with van der Waals surface area (Å²) in [6, 6.07) is 0.598. The van der Waals surface area contributed by atoms with Crippen LogP contribution in [0.3, 0.4) is 0 Å². The zero-order valence-electron chi connectivity index (χ0n) is 9.34. The Bertz CT molecular complexity index is 274. The Morgan fingerprint density at radius 1 is 1.36 bits per heavy atom. The Morgan fingerprint density at radius 3 is 2.57 bits per heavy atom. The lowest BCUT2D eigenvalue weighted by atomic mass is 9.65. The minimum atomic E-state index is 0.440. The summed E-state index contributed by atoms with van der Waals surface area (Å²) in [5.41, 5.74) is 6.65. The largest absolute Gasteiger partial charge is 0.376 e. The molecule has 2 N–H and O–H groups in total. The molecule has 1 heterocycles. The average Bonchev–Trinajstić information content (AvgIpc) is 2.19. The second-order valence-corrected chi connectivity index (χ2v) is 6.60. The van der Waals surface area contributed by atoms with E-state index in [-0.39, 0.29) is 0 Å². The van der Waals surface area contributed by atoms with Gasteiger partial charge in [0.05, 0.1) is 0 Å². The number of fused-ring (bicyclic) bond motifs is 2. The summed E-state index contributed by atoms with van der Waals surface area (Å²) in [6.07, 6.45) is 3.81. The lowest BCUT2D eigenvalue weighted by molar-refractivity contribution is 0.132. The van der Waals surface area contributed by atoms with Gasteiger partial charge in [0.2, 0.25) is 0 Å². The molecule has 2 unspecified atom stereocenters. The zero-order valence-corrected chi connectivity index (χ0v) is 10.2. The van der Waals surface area contributed by atoms with Crippen LogP contribution in [-0.4, -0.2) is 22.6 Å². The highest BCUT2D eigenvalue weighted by molar-refractivity contribution is 7.80. The van der Waals surface area contributed by atoms with E-state index in [0.717, 1.165) is 6.54 Å². The van der Waals surface area contributed by atoms with Gasteiger partial charge < -0.3 is 10.6 Å². The molecule has 0 amide bonds. The standard InChI is InChI=1S/C11H20N2S/c1-10(2)4-8-5-11(3,6-10)7-13(8)9(12)14/h8H,4-7H2,1-3H3,(H2,12,14). The van der Waals surface area contributed by atoms with Crippen LogP contribution in [0.1, 0.15) is 40.0 Å². The molecule has 2 fully saturated rings. The Kier molecular flexibility index (Phi) is 2.08. The molecule has 80 valence electrons. The fourth-order valence-electron chi connectivity index (χ4n) is 3.72. The van der Waals surface area contributed by atoms with Crippen LogP contribution in [-0.2, 0) is 0 Å². The molecule has 3 heteroatoms. The molecule has 2 bridgehead atoms. The molecule has 0 spiro atoms. The Hall–Kier alpha value is -0.310. The van der Waals surface area contributed by atoms with Gasteiger partial charge in [-0.2, -0.15) is 0 Å². The normalized spacial score (nSPS) is 39.9. The van der Waals surface area contributed by atoms with Crippen LogP contribution in [0.2, 0.25) is 0 Å². The maximum absolute atomic E-state index is 5.76. The smallest absolute Gasteiger partial charge is 0.166 e. The van der Waals surface area contributed by atoms with Crippen molar-refractivity contribution < 1.29 is 0 Å². The number of thiocarbonyl (C=S) groups is 1. The van der Waals surface area contributed by atoms with Crippen molar-refractivity contribution in [1.29, 1.82) is 0 Å². The third-order valence-corrected chi connectivity index (χ3v) is 3.93. The maximum Gasteiger partial charge on any atom is 0.166 e. The molecule has 1 saturated heterocycles.